The fourth-order valence-electron chi connectivity index (χ4n) is 3.08. The molecule has 11 heteroatoms. The second-order valence-electron chi connectivity index (χ2n) is 6.56. The van der Waals surface area contributed by atoms with Crippen molar-refractivity contribution in [2.45, 2.75) is 18.5 Å². The summed E-state index contributed by atoms with van der Waals surface area (Å²) in [5.41, 5.74) is 2.35. The van der Waals surface area contributed by atoms with Gasteiger partial charge in [0.1, 0.15) is 11.9 Å². The Kier molecular flexibility index (Phi) is 5.79. The molecular formula is C18H17ClFN5O2S2. The third-order valence-corrected chi connectivity index (χ3v) is 7.29. The van der Waals surface area contributed by atoms with Gasteiger partial charge in [0, 0.05) is 29.4 Å². The van der Waals surface area contributed by atoms with Gasteiger partial charge in [-0.15, -0.1) is 11.3 Å². The molecule has 1 amide bonds. The van der Waals surface area contributed by atoms with Crippen LogP contribution in [0.1, 0.15) is 17.3 Å². The number of hydrogen-bond donors (Lipinski definition) is 3. The Hall–Kier alpha value is -2.11. The Balaban J connectivity index is 1.52. The molecule has 1 aliphatic heterocycles. The summed E-state index contributed by atoms with van der Waals surface area (Å²) < 4.78 is 30.4. The van der Waals surface area contributed by atoms with Crippen LogP contribution >= 0.6 is 22.9 Å². The molecule has 3 heterocycles. The number of anilines is 1. The number of nitrogens with zero attached hydrogens (tertiary/aromatic N) is 2. The zero-order chi connectivity index (χ0) is 20.5. The van der Waals surface area contributed by atoms with Gasteiger partial charge in [0.15, 0.2) is 11.2 Å². The predicted octanol–water partition coefficient (Wildman–Crippen LogP) is 3.48. The summed E-state index contributed by atoms with van der Waals surface area (Å²) in [6.45, 7) is 0. The smallest absolute Gasteiger partial charge is 0.242 e. The van der Waals surface area contributed by atoms with Crippen LogP contribution in [0, 0.1) is 5.82 Å². The van der Waals surface area contributed by atoms with E-state index in [2.05, 4.69) is 20.2 Å². The van der Waals surface area contributed by atoms with Crippen LogP contribution in [0.2, 0.25) is 5.02 Å². The molecule has 3 aromatic rings. The highest BCUT2D eigenvalue weighted by atomic mass is 35.5. The molecule has 3 atom stereocenters. The molecule has 7 nitrogen and oxygen atoms in total. The molecule has 152 valence electrons. The first-order valence-electron chi connectivity index (χ1n) is 8.67. The first-order chi connectivity index (χ1) is 13.9. The zero-order valence-corrected chi connectivity index (χ0v) is 17.6. The molecule has 2 aromatic heterocycles. The van der Waals surface area contributed by atoms with E-state index in [4.69, 9.17) is 11.6 Å². The zero-order valence-electron chi connectivity index (χ0n) is 15.2. The molecule has 4 rings (SSSR count). The van der Waals surface area contributed by atoms with E-state index in [0.29, 0.717) is 12.1 Å². The topological polar surface area (TPSA) is 90.1 Å². The van der Waals surface area contributed by atoms with Crippen molar-refractivity contribution in [3.8, 4) is 11.1 Å². The summed E-state index contributed by atoms with van der Waals surface area (Å²) in [6, 6.07) is 5.10. The molecule has 3 unspecified atom stereocenters. The number of carbonyl (C=O) groups excluding carboxylic acids is 1. The molecule has 0 radical (unpaired) electrons. The van der Waals surface area contributed by atoms with Crippen molar-refractivity contribution in [1.29, 1.82) is 0 Å². The maximum Gasteiger partial charge on any atom is 0.242 e. The van der Waals surface area contributed by atoms with Gasteiger partial charge >= 0.3 is 0 Å². The third kappa shape index (κ3) is 4.26. The number of likely N-dealkylation sites (N-methyl/N-ethyl adjacent to an activating group) is 1. The summed E-state index contributed by atoms with van der Waals surface area (Å²) in [6.07, 6.45) is 3.96. The highest BCUT2D eigenvalue weighted by molar-refractivity contribution is 7.80. The summed E-state index contributed by atoms with van der Waals surface area (Å²) in [4.78, 5) is 13.8. The highest BCUT2D eigenvalue weighted by Gasteiger charge is 2.37. The number of aromatic amines is 1. The van der Waals surface area contributed by atoms with Crippen LogP contribution in [0.3, 0.4) is 0 Å². The molecule has 3 N–H and O–H groups in total. The van der Waals surface area contributed by atoms with Gasteiger partial charge in [0.2, 0.25) is 5.91 Å². The van der Waals surface area contributed by atoms with E-state index >= 15 is 0 Å². The molecule has 0 spiro atoms. The van der Waals surface area contributed by atoms with Gasteiger partial charge in [-0.05, 0) is 41.6 Å². The number of H-pyrrole nitrogens is 1. The van der Waals surface area contributed by atoms with Crippen molar-refractivity contribution in [3.05, 3.63) is 57.8 Å². The number of benzene rings is 1. The Morgan fingerprint density at radius 2 is 2.24 bits per heavy atom. The summed E-state index contributed by atoms with van der Waals surface area (Å²) >= 11 is 5.78. The van der Waals surface area contributed by atoms with Crippen LogP contribution in [0.4, 0.5) is 10.1 Å². The Bertz CT molecular complexity index is 1060. The van der Waals surface area contributed by atoms with Crippen LogP contribution in [0.15, 0.2) is 42.0 Å². The SMILES string of the molecule is CN1C(C(=O)Nc2ccc(F)c(Cl)c2)CC(c2cc(-c3cn[nH]c3)cs2)NS1=O. The van der Waals surface area contributed by atoms with E-state index in [1.165, 1.54) is 33.8 Å². The summed E-state index contributed by atoms with van der Waals surface area (Å²) in [5.74, 6) is -0.891. The van der Waals surface area contributed by atoms with Crippen molar-refractivity contribution in [3.63, 3.8) is 0 Å². The van der Waals surface area contributed by atoms with E-state index in [1.54, 1.807) is 19.4 Å². The molecule has 1 fully saturated rings. The van der Waals surface area contributed by atoms with Gasteiger partial charge in [-0.2, -0.15) is 5.10 Å². The number of thiophene rings is 1. The highest BCUT2D eigenvalue weighted by Crippen LogP contribution is 2.34. The normalized spacial score (nSPS) is 22.5. The molecule has 1 saturated heterocycles. The van der Waals surface area contributed by atoms with Crippen LogP contribution < -0.4 is 10.0 Å². The first-order valence-corrected chi connectivity index (χ1v) is 11.0. The monoisotopic (exact) mass is 453 g/mol. The number of nitrogens with one attached hydrogen (secondary N) is 3. The molecule has 0 saturated carbocycles. The Labute approximate surface area is 178 Å². The van der Waals surface area contributed by atoms with Crippen LogP contribution in [-0.4, -0.2) is 37.7 Å². The lowest BCUT2D eigenvalue weighted by atomic mass is 10.0. The average molecular weight is 454 g/mol. The predicted molar refractivity (Wildman–Crippen MR) is 112 cm³/mol. The molecule has 29 heavy (non-hydrogen) atoms. The van der Waals surface area contributed by atoms with Gasteiger partial charge in [-0.1, -0.05) is 11.6 Å². The summed E-state index contributed by atoms with van der Waals surface area (Å²) in [5, 5.41) is 11.4. The van der Waals surface area contributed by atoms with E-state index in [1.807, 2.05) is 11.4 Å². The second-order valence-corrected chi connectivity index (χ2v) is 9.22. The number of carbonyl (C=O) groups is 1. The van der Waals surface area contributed by atoms with Crippen molar-refractivity contribution in [2.24, 2.45) is 0 Å². The number of halogens is 2. The lowest BCUT2D eigenvalue weighted by Crippen LogP contribution is -2.52. The standard InChI is InChI=1S/C18H17ClFN5O2S2/c1-25-16(18(26)23-12-2-3-14(20)13(19)5-12)6-15(24-29(25)27)17-4-10(9-28-17)11-7-21-22-8-11/h2-5,7-9,15-16,24H,6H2,1H3,(H,21,22)(H,23,26). The van der Waals surface area contributed by atoms with Crippen molar-refractivity contribution < 1.29 is 13.4 Å². The third-order valence-electron chi connectivity index (χ3n) is 4.69. The Morgan fingerprint density at radius 3 is 2.97 bits per heavy atom. The van der Waals surface area contributed by atoms with Gasteiger partial charge in [-0.3, -0.25) is 9.89 Å². The van der Waals surface area contributed by atoms with Gasteiger partial charge in [0.05, 0.1) is 17.3 Å². The van der Waals surface area contributed by atoms with Crippen LogP contribution in [0.5, 0.6) is 0 Å². The maximum absolute atomic E-state index is 13.3. The van der Waals surface area contributed by atoms with Crippen LogP contribution in [-0.2, 0) is 16.0 Å². The van der Waals surface area contributed by atoms with Crippen molar-refractivity contribution >= 4 is 45.7 Å². The maximum atomic E-state index is 13.3. The molecule has 0 bridgehead atoms. The lowest BCUT2D eigenvalue weighted by Gasteiger charge is -2.35. The first kappa shape index (κ1) is 20.2. The van der Waals surface area contributed by atoms with Crippen LogP contribution in [0.25, 0.3) is 11.1 Å². The van der Waals surface area contributed by atoms with E-state index in [0.717, 1.165) is 16.0 Å². The minimum atomic E-state index is -1.54. The number of amides is 1. The van der Waals surface area contributed by atoms with Crippen molar-refractivity contribution in [2.75, 3.05) is 12.4 Å². The fourth-order valence-corrected chi connectivity index (χ4v) is 5.36. The molecule has 0 aliphatic carbocycles. The van der Waals surface area contributed by atoms with Gasteiger partial charge in [0.25, 0.3) is 0 Å². The fraction of sp³-hybridized carbons (Fsp3) is 0.222. The number of rotatable bonds is 4. The Morgan fingerprint density at radius 1 is 1.41 bits per heavy atom. The van der Waals surface area contributed by atoms with Gasteiger partial charge < -0.3 is 5.32 Å². The van der Waals surface area contributed by atoms with Gasteiger partial charge in [-0.25, -0.2) is 17.6 Å². The molecule has 1 aliphatic rings. The largest absolute Gasteiger partial charge is 0.325 e. The van der Waals surface area contributed by atoms with E-state index in [-0.39, 0.29) is 17.0 Å². The van der Waals surface area contributed by atoms with E-state index in [9.17, 15) is 13.4 Å². The lowest BCUT2D eigenvalue weighted by molar-refractivity contribution is -0.120. The minimum absolute atomic E-state index is 0.0757. The quantitative estimate of drug-likeness (QED) is 0.565. The number of hydrogen-bond acceptors (Lipinski definition) is 4. The van der Waals surface area contributed by atoms with E-state index < -0.39 is 23.0 Å². The molecular weight excluding hydrogens is 437 g/mol. The molecule has 1 aromatic carbocycles. The second kappa shape index (κ2) is 8.33. The number of aromatic nitrogens is 2. The minimum Gasteiger partial charge on any atom is -0.325 e. The summed E-state index contributed by atoms with van der Waals surface area (Å²) in [7, 11) is 1.62. The average Bonchev–Trinajstić information content (AvgIpc) is 3.38. The van der Waals surface area contributed by atoms with Crippen molar-refractivity contribution in [1.82, 2.24) is 19.2 Å².